The Kier molecular flexibility index (Phi) is 5.16. The fraction of sp³-hybridized carbons (Fsp3) is 0.381. The minimum absolute atomic E-state index is 0.138. The molecule has 2 heterocycles. The predicted octanol–water partition coefficient (Wildman–Crippen LogP) is 2.98. The van der Waals surface area contributed by atoms with Crippen molar-refractivity contribution in [3.05, 3.63) is 53.6 Å². The Morgan fingerprint density at radius 1 is 1.00 bits per heavy atom. The summed E-state index contributed by atoms with van der Waals surface area (Å²) >= 11 is 0. The average molecular weight is 367 g/mol. The smallest absolute Gasteiger partial charge is 0.161 e. The van der Waals surface area contributed by atoms with Gasteiger partial charge in [0.05, 0.1) is 39.2 Å². The molecule has 1 unspecified atom stereocenters. The lowest BCUT2D eigenvalue weighted by Crippen LogP contribution is -2.36. The standard InChI is InChI=1S/C21H25N3O3/c1-25-20-8-5-16(13-21(20)26-2)19-14-18(22-23-19)15-3-6-17(7-4-15)24-9-11-27-12-10-24/h3-8,13,19,23H,9-12,14H2,1-2H3. The van der Waals surface area contributed by atoms with E-state index in [1.54, 1.807) is 14.2 Å². The summed E-state index contributed by atoms with van der Waals surface area (Å²) in [5.41, 5.74) is 7.86. The Bertz CT molecular complexity index is 814. The average Bonchev–Trinajstić information content (AvgIpc) is 3.24. The third-order valence-corrected chi connectivity index (χ3v) is 5.14. The summed E-state index contributed by atoms with van der Waals surface area (Å²) in [5, 5.41) is 4.57. The highest BCUT2D eigenvalue weighted by Gasteiger charge is 2.22. The molecule has 27 heavy (non-hydrogen) atoms. The Morgan fingerprint density at radius 2 is 1.74 bits per heavy atom. The lowest BCUT2D eigenvalue weighted by molar-refractivity contribution is 0.122. The number of nitrogens with one attached hydrogen (secondary N) is 1. The second-order valence-electron chi connectivity index (χ2n) is 6.71. The number of methoxy groups -OCH3 is 2. The molecule has 6 heteroatoms. The number of ether oxygens (including phenoxy) is 3. The summed E-state index contributed by atoms with van der Waals surface area (Å²) in [6, 6.07) is 14.8. The molecule has 1 fully saturated rings. The molecule has 0 bridgehead atoms. The summed E-state index contributed by atoms with van der Waals surface area (Å²) in [7, 11) is 3.30. The van der Waals surface area contributed by atoms with Gasteiger partial charge >= 0.3 is 0 Å². The summed E-state index contributed by atoms with van der Waals surface area (Å²) in [6.45, 7) is 3.49. The summed E-state index contributed by atoms with van der Waals surface area (Å²) in [6.07, 6.45) is 0.840. The maximum atomic E-state index is 5.43. The van der Waals surface area contributed by atoms with Crippen LogP contribution in [0.4, 0.5) is 5.69 Å². The molecule has 0 amide bonds. The largest absolute Gasteiger partial charge is 0.493 e. The van der Waals surface area contributed by atoms with Crippen molar-refractivity contribution in [2.24, 2.45) is 5.10 Å². The van der Waals surface area contributed by atoms with Crippen LogP contribution in [0.15, 0.2) is 47.6 Å². The SMILES string of the molecule is COc1ccc(C2CC(c3ccc(N4CCOCC4)cc3)=NN2)cc1OC. The number of anilines is 1. The van der Waals surface area contributed by atoms with Gasteiger partial charge in [-0.05, 0) is 35.4 Å². The Balaban J connectivity index is 1.44. The van der Waals surface area contributed by atoms with Crippen LogP contribution in [0.3, 0.4) is 0 Å². The van der Waals surface area contributed by atoms with E-state index in [9.17, 15) is 0 Å². The van der Waals surface area contributed by atoms with Crippen molar-refractivity contribution in [2.75, 3.05) is 45.4 Å². The molecular weight excluding hydrogens is 342 g/mol. The van der Waals surface area contributed by atoms with Gasteiger partial charge in [0.25, 0.3) is 0 Å². The summed E-state index contributed by atoms with van der Waals surface area (Å²) in [4.78, 5) is 2.36. The maximum Gasteiger partial charge on any atom is 0.161 e. The van der Waals surface area contributed by atoms with Gasteiger partial charge in [-0.1, -0.05) is 18.2 Å². The number of morpholine rings is 1. The summed E-state index contributed by atoms with van der Waals surface area (Å²) < 4.78 is 16.2. The van der Waals surface area contributed by atoms with E-state index in [4.69, 9.17) is 14.2 Å². The minimum Gasteiger partial charge on any atom is -0.493 e. The van der Waals surface area contributed by atoms with Gasteiger partial charge in [0.2, 0.25) is 0 Å². The molecule has 0 saturated carbocycles. The zero-order valence-electron chi connectivity index (χ0n) is 15.8. The van der Waals surface area contributed by atoms with E-state index in [0.29, 0.717) is 0 Å². The topological polar surface area (TPSA) is 55.3 Å². The van der Waals surface area contributed by atoms with Crippen LogP contribution in [0, 0.1) is 0 Å². The van der Waals surface area contributed by atoms with Crippen molar-refractivity contribution in [3.63, 3.8) is 0 Å². The molecule has 4 rings (SSSR count). The molecule has 0 aromatic heterocycles. The second-order valence-corrected chi connectivity index (χ2v) is 6.71. The highest BCUT2D eigenvalue weighted by molar-refractivity contribution is 6.02. The molecule has 2 aliphatic heterocycles. The Hall–Kier alpha value is -2.73. The van der Waals surface area contributed by atoms with E-state index in [1.165, 1.54) is 5.69 Å². The summed E-state index contributed by atoms with van der Waals surface area (Å²) in [5.74, 6) is 1.47. The minimum atomic E-state index is 0.138. The Labute approximate surface area is 159 Å². The number of nitrogens with zero attached hydrogens (tertiary/aromatic N) is 2. The van der Waals surface area contributed by atoms with E-state index >= 15 is 0 Å². The van der Waals surface area contributed by atoms with Crippen LogP contribution < -0.4 is 19.8 Å². The van der Waals surface area contributed by atoms with E-state index in [1.807, 2.05) is 12.1 Å². The lowest BCUT2D eigenvalue weighted by Gasteiger charge is -2.28. The van der Waals surface area contributed by atoms with E-state index in [-0.39, 0.29) is 6.04 Å². The van der Waals surface area contributed by atoms with Crippen molar-refractivity contribution < 1.29 is 14.2 Å². The van der Waals surface area contributed by atoms with Crippen molar-refractivity contribution in [1.82, 2.24) is 5.43 Å². The van der Waals surface area contributed by atoms with Crippen molar-refractivity contribution in [1.29, 1.82) is 0 Å². The van der Waals surface area contributed by atoms with Crippen LogP contribution in [-0.2, 0) is 4.74 Å². The fourth-order valence-corrected chi connectivity index (χ4v) is 3.57. The Morgan fingerprint density at radius 3 is 2.44 bits per heavy atom. The van der Waals surface area contributed by atoms with Crippen molar-refractivity contribution in [3.8, 4) is 11.5 Å². The fourth-order valence-electron chi connectivity index (χ4n) is 3.57. The van der Waals surface area contributed by atoms with Gasteiger partial charge in [0.15, 0.2) is 11.5 Å². The zero-order chi connectivity index (χ0) is 18.6. The highest BCUT2D eigenvalue weighted by atomic mass is 16.5. The third kappa shape index (κ3) is 3.71. The van der Waals surface area contributed by atoms with Crippen LogP contribution >= 0.6 is 0 Å². The molecule has 1 saturated heterocycles. The first-order valence-electron chi connectivity index (χ1n) is 9.25. The predicted molar refractivity (Wildman–Crippen MR) is 106 cm³/mol. The van der Waals surface area contributed by atoms with Crippen LogP contribution in [0.1, 0.15) is 23.6 Å². The van der Waals surface area contributed by atoms with Crippen LogP contribution in [0.25, 0.3) is 0 Å². The third-order valence-electron chi connectivity index (χ3n) is 5.14. The molecular formula is C21H25N3O3. The molecule has 0 radical (unpaired) electrons. The molecule has 2 aliphatic rings. The van der Waals surface area contributed by atoms with Crippen LogP contribution in [0.5, 0.6) is 11.5 Å². The highest BCUT2D eigenvalue weighted by Crippen LogP contribution is 2.33. The van der Waals surface area contributed by atoms with Crippen molar-refractivity contribution >= 4 is 11.4 Å². The molecule has 1 atom stereocenters. The zero-order valence-corrected chi connectivity index (χ0v) is 15.8. The van der Waals surface area contributed by atoms with E-state index in [0.717, 1.165) is 61.1 Å². The molecule has 0 spiro atoms. The number of rotatable bonds is 5. The van der Waals surface area contributed by atoms with Gasteiger partial charge in [0.1, 0.15) is 0 Å². The molecule has 142 valence electrons. The number of benzene rings is 2. The first kappa shape index (κ1) is 17.7. The number of hydrogen-bond acceptors (Lipinski definition) is 6. The van der Waals surface area contributed by atoms with Gasteiger partial charge in [0, 0.05) is 25.2 Å². The van der Waals surface area contributed by atoms with Crippen molar-refractivity contribution in [2.45, 2.75) is 12.5 Å². The van der Waals surface area contributed by atoms with Gasteiger partial charge in [-0.15, -0.1) is 0 Å². The number of hydrazone groups is 1. The first-order valence-corrected chi connectivity index (χ1v) is 9.25. The van der Waals surface area contributed by atoms with Gasteiger partial charge in [-0.25, -0.2) is 0 Å². The number of hydrogen-bond donors (Lipinski definition) is 1. The molecule has 6 nitrogen and oxygen atoms in total. The quantitative estimate of drug-likeness (QED) is 0.881. The van der Waals surface area contributed by atoms with Gasteiger partial charge < -0.3 is 24.5 Å². The van der Waals surface area contributed by atoms with E-state index in [2.05, 4.69) is 45.8 Å². The van der Waals surface area contributed by atoms with Gasteiger partial charge in [-0.2, -0.15) is 5.10 Å². The first-order chi connectivity index (χ1) is 13.3. The molecule has 0 aliphatic carbocycles. The lowest BCUT2D eigenvalue weighted by atomic mass is 9.98. The van der Waals surface area contributed by atoms with E-state index < -0.39 is 0 Å². The second kappa shape index (κ2) is 7.88. The van der Waals surface area contributed by atoms with Crippen LogP contribution in [0.2, 0.25) is 0 Å². The monoisotopic (exact) mass is 367 g/mol. The maximum absolute atomic E-state index is 5.43. The molecule has 1 N–H and O–H groups in total. The normalized spacial score (nSPS) is 19.4. The van der Waals surface area contributed by atoms with Gasteiger partial charge in [-0.3, -0.25) is 0 Å². The van der Waals surface area contributed by atoms with Crippen LogP contribution in [-0.4, -0.2) is 46.2 Å². The molecule has 2 aromatic rings. The molecule has 2 aromatic carbocycles.